The molecule has 28 heavy (non-hydrogen) atoms. The maximum Gasteiger partial charge on any atom is 0.271 e. The SMILES string of the molecule is Cc1ccc([C@H](C)NC(=O)c2ccc(NS(=O)(=O)c3cccs3)cc2)cc1C. The molecular weight excluding hydrogens is 392 g/mol. The number of aryl methyl sites for hydroxylation is 2. The number of amides is 1. The van der Waals surface area contributed by atoms with Crippen molar-refractivity contribution >= 4 is 33.0 Å². The Morgan fingerprint density at radius 2 is 1.71 bits per heavy atom. The van der Waals surface area contributed by atoms with E-state index in [2.05, 4.69) is 23.0 Å². The van der Waals surface area contributed by atoms with Gasteiger partial charge in [-0.2, -0.15) is 0 Å². The lowest BCUT2D eigenvalue weighted by Gasteiger charge is -2.16. The van der Waals surface area contributed by atoms with Gasteiger partial charge in [-0.1, -0.05) is 24.3 Å². The van der Waals surface area contributed by atoms with Crippen molar-refractivity contribution in [2.24, 2.45) is 0 Å². The molecule has 0 saturated heterocycles. The molecule has 0 spiro atoms. The van der Waals surface area contributed by atoms with Crippen LogP contribution in [0.2, 0.25) is 0 Å². The van der Waals surface area contributed by atoms with E-state index in [0.29, 0.717) is 11.3 Å². The number of nitrogens with one attached hydrogen (secondary N) is 2. The highest BCUT2D eigenvalue weighted by Gasteiger charge is 2.16. The number of sulfonamides is 1. The van der Waals surface area contributed by atoms with Gasteiger partial charge in [-0.3, -0.25) is 9.52 Å². The van der Waals surface area contributed by atoms with Gasteiger partial charge in [0.1, 0.15) is 4.21 Å². The van der Waals surface area contributed by atoms with Crippen LogP contribution in [0.1, 0.15) is 40.0 Å². The molecule has 2 aromatic carbocycles. The Morgan fingerprint density at radius 3 is 2.32 bits per heavy atom. The van der Waals surface area contributed by atoms with Gasteiger partial charge in [-0.05, 0) is 73.2 Å². The summed E-state index contributed by atoms with van der Waals surface area (Å²) in [6, 6.07) is 15.6. The lowest BCUT2D eigenvalue weighted by Crippen LogP contribution is -2.26. The van der Waals surface area contributed by atoms with Gasteiger partial charge >= 0.3 is 0 Å². The first-order valence-electron chi connectivity index (χ1n) is 8.80. The van der Waals surface area contributed by atoms with E-state index in [1.54, 1.807) is 41.8 Å². The largest absolute Gasteiger partial charge is 0.346 e. The van der Waals surface area contributed by atoms with Gasteiger partial charge in [-0.25, -0.2) is 8.42 Å². The smallest absolute Gasteiger partial charge is 0.271 e. The summed E-state index contributed by atoms with van der Waals surface area (Å²) in [5.74, 6) is -0.210. The van der Waals surface area contributed by atoms with E-state index in [1.807, 2.05) is 26.0 Å². The molecule has 0 bridgehead atoms. The van der Waals surface area contributed by atoms with Gasteiger partial charge < -0.3 is 5.32 Å². The molecule has 1 atom stereocenters. The van der Waals surface area contributed by atoms with E-state index in [9.17, 15) is 13.2 Å². The third-order valence-electron chi connectivity index (χ3n) is 4.54. The second kappa shape index (κ2) is 8.16. The van der Waals surface area contributed by atoms with Crippen molar-refractivity contribution in [3.63, 3.8) is 0 Å². The molecule has 3 rings (SSSR count). The van der Waals surface area contributed by atoms with E-state index in [0.717, 1.165) is 16.9 Å². The molecule has 7 heteroatoms. The summed E-state index contributed by atoms with van der Waals surface area (Å²) in [6.45, 7) is 6.03. The first-order valence-corrected chi connectivity index (χ1v) is 11.2. The van der Waals surface area contributed by atoms with Crippen LogP contribution in [0.5, 0.6) is 0 Å². The van der Waals surface area contributed by atoms with Gasteiger partial charge in [0.2, 0.25) is 0 Å². The number of rotatable bonds is 6. The molecule has 0 fully saturated rings. The summed E-state index contributed by atoms with van der Waals surface area (Å²) in [5.41, 5.74) is 4.31. The molecule has 0 aliphatic rings. The second-order valence-corrected chi connectivity index (χ2v) is 9.51. The van der Waals surface area contributed by atoms with Crippen molar-refractivity contribution in [2.75, 3.05) is 4.72 Å². The van der Waals surface area contributed by atoms with E-state index in [1.165, 1.54) is 11.1 Å². The molecule has 1 amide bonds. The highest BCUT2D eigenvalue weighted by molar-refractivity contribution is 7.94. The minimum Gasteiger partial charge on any atom is -0.346 e. The fourth-order valence-corrected chi connectivity index (χ4v) is 4.76. The van der Waals surface area contributed by atoms with Crippen LogP contribution in [0, 0.1) is 13.8 Å². The molecule has 5 nitrogen and oxygen atoms in total. The third kappa shape index (κ3) is 4.61. The van der Waals surface area contributed by atoms with Crippen molar-refractivity contribution in [3.8, 4) is 0 Å². The number of carbonyl (C=O) groups excluding carboxylic acids is 1. The molecule has 0 aliphatic carbocycles. The Kier molecular flexibility index (Phi) is 5.86. The summed E-state index contributed by atoms with van der Waals surface area (Å²) in [5, 5.41) is 4.68. The zero-order valence-corrected chi connectivity index (χ0v) is 17.5. The van der Waals surface area contributed by atoms with Crippen molar-refractivity contribution in [1.29, 1.82) is 0 Å². The molecule has 3 aromatic rings. The Bertz CT molecular complexity index is 1070. The van der Waals surface area contributed by atoms with Crippen LogP contribution in [-0.2, 0) is 10.0 Å². The van der Waals surface area contributed by atoms with Crippen molar-refractivity contribution in [1.82, 2.24) is 5.32 Å². The number of anilines is 1. The lowest BCUT2D eigenvalue weighted by molar-refractivity contribution is 0.0940. The highest BCUT2D eigenvalue weighted by Crippen LogP contribution is 2.21. The number of benzene rings is 2. The summed E-state index contributed by atoms with van der Waals surface area (Å²) in [7, 11) is -3.60. The monoisotopic (exact) mass is 414 g/mol. The maximum absolute atomic E-state index is 12.5. The standard InChI is InChI=1S/C21H22N2O3S2/c1-14-6-7-18(13-15(14)2)16(3)22-21(24)17-8-10-19(11-9-17)23-28(25,26)20-5-4-12-27-20/h4-13,16,23H,1-3H3,(H,22,24)/t16-/m0/s1. The first kappa shape index (κ1) is 20.1. The third-order valence-corrected chi connectivity index (χ3v) is 7.32. The number of hydrogen-bond donors (Lipinski definition) is 2. The first-order chi connectivity index (χ1) is 13.3. The quantitative estimate of drug-likeness (QED) is 0.616. The number of carbonyl (C=O) groups is 1. The van der Waals surface area contributed by atoms with Crippen LogP contribution < -0.4 is 10.0 Å². The lowest BCUT2D eigenvalue weighted by atomic mass is 10.0. The topological polar surface area (TPSA) is 75.3 Å². The zero-order valence-electron chi connectivity index (χ0n) is 15.9. The summed E-state index contributed by atoms with van der Waals surface area (Å²) in [6.07, 6.45) is 0. The molecule has 0 unspecified atom stereocenters. The maximum atomic E-state index is 12.5. The molecule has 2 N–H and O–H groups in total. The predicted molar refractivity (Wildman–Crippen MR) is 113 cm³/mol. The predicted octanol–water partition coefficient (Wildman–Crippen LogP) is 4.66. The minimum absolute atomic E-state index is 0.135. The number of hydrogen-bond acceptors (Lipinski definition) is 4. The van der Waals surface area contributed by atoms with E-state index in [-0.39, 0.29) is 16.2 Å². The summed E-state index contributed by atoms with van der Waals surface area (Å²) in [4.78, 5) is 12.5. The van der Waals surface area contributed by atoms with E-state index < -0.39 is 10.0 Å². The summed E-state index contributed by atoms with van der Waals surface area (Å²) < 4.78 is 27.3. The van der Waals surface area contributed by atoms with E-state index in [4.69, 9.17) is 0 Å². The Labute approximate surface area is 169 Å². The van der Waals surface area contributed by atoms with Gasteiger partial charge in [-0.15, -0.1) is 11.3 Å². The zero-order chi connectivity index (χ0) is 20.3. The van der Waals surface area contributed by atoms with Crippen LogP contribution in [0.25, 0.3) is 0 Å². The van der Waals surface area contributed by atoms with Crippen LogP contribution >= 0.6 is 11.3 Å². The summed E-state index contributed by atoms with van der Waals surface area (Å²) >= 11 is 1.15. The molecule has 0 aliphatic heterocycles. The molecule has 0 saturated carbocycles. The Hall–Kier alpha value is -2.64. The van der Waals surface area contributed by atoms with Crippen molar-refractivity contribution in [3.05, 3.63) is 82.2 Å². The van der Waals surface area contributed by atoms with Gasteiger partial charge in [0.05, 0.1) is 6.04 Å². The molecule has 0 radical (unpaired) electrons. The number of thiophene rings is 1. The van der Waals surface area contributed by atoms with Gasteiger partial charge in [0.15, 0.2) is 0 Å². The molecular formula is C21H22N2O3S2. The van der Waals surface area contributed by atoms with Crippen LogP contribution in [0.3, 0.4) is 0 Å². The average Bonchev–Trinajstić information content (AvgIpc) is 3.20. The normalized spacial score (nSPS) is 12.4. The van der Waals surface area contributed by atoms with Gasteiger partial charge in [0.25, 0.3) is 15.9 Å². The van der Waals surface area contributed by atoms with Crippen molar-refractivity contribution in [2.45, 2.75) is 31.0 Å². The Balaban J connectivity index is 1.67. The van der Waals surface area contributed by atoms with Crippen LogP contribution in [0.4, 0.5) is 5.69 Å². The highest BCUT2D eigenvalue weighted by atomic mass is 32.2. The molecule has 146 valence electrons. The fourth-order valence-electron chi connectivity index (χ4n) is 2.71. The minimum atomic E-state index is -3.60. The fraction of sp³-hybridized carbons (Fsp3) is 0.190. The van der Waals surface area contributed by atoms with Crippen LogP contribution in [-0.4, -0.2) is 14.3 Å². The molecule has 1 heterocycles. The Morgan fingerprint density at radius 1 is 1.00 bits per heavy atom. The van der Waals surface area contributed by atoms with Gasteiger partial charge in [0, 0.05) is 11.3 Å². The molecule has 1 aromatic heterocycles. The average molecular weight is 415 g/mol. The van der Waals surface area contributed by atoms with E-state index >= 15 is 0 Å². The van der Waals surface area contributed by atoms with Crippen LogP contribution in [0.15, 0.2) is 64.2 Å². The second-order valence-electron chi connectivity index (χ2n) is 6.65. The van der Waals surface area contributed by atoms with Crippen molar-refractivity contribution < 1.29 is 13.2 Å².